The number of carbonyl (C=O) groups is 1. The van der Waals surface area contributed by atoms with E-state index in [1.54, 1.807) is 11.3 Å². The van der Waals surface area contributed by atoms with Crippen LogP contribution in [0.5, 0.6) is 0 Å². The van der Waals surface area contributed by atoms with Gasteiger partial charge in [0, 0.05) is 10.9 Å². The van der Waals surface area contributed by atoms with Crippen molar-refractivity contribution in [1.29, 1.82) is 0 Å². The van der Waals surface area contributed by atoms with Crippen LogP contribution in [-0.4, -0.2) is 22.9 Å². The molecule has 0 spiro atoms. The lowest BCUT2D eigenvalue weighted by Gasteiger charge is -2.29. The van der Waals surface area contributed by atoms with Gasteiger partial charge < -0.3 is 4.90 Å². The first kappa shape index (κ1) is 12.6. The highest BCUT2D eigenvalue weighted by molar-refractivity contribution is 7.10. The molecule has 3 nitrogen and oxygen atoms in total. The van der Waals surface area contributed by atoms with Crippen LogP contribution in [0.3, 0.4) is 0 Å². The van der Waals surface area contributed by atoms with Crippen LogP contribution in [0.15, 0.2) is 17.5 Å². The third-order valence-electron chi connectivity index (χ3n) is 3.48. The summed E-state index contributed by atoms with van der Waals surface area (Å²) in [5, 5.41) is 5.51. The molecule has 94 valence electrons. The molecule has 1 saturated heterocycles. The number of thiophene rings is 1. The maximum atomic E-state index is 12.3. The molecule has 1 N–H and O–H groups in total. The van der Waals surface area contributed by atoms with Crippen molar-refractivity contribution >= 4 is 17.2 Å². The number of nitrogens with one attached hydrogen (secondary N) is 1. The first-order valence-corrected chi connectivity index (χ1v) is 7.18. The topological polar surface area (TPSA) is 32.3 Å². The number of hydrogen-bond donors (Lipinski definition) is 1. The molecule has 1 amide bonds. The summed E-state index contributed by atoms with van der Waals surface area (Å²) in [5.74, 6) is 0.250. The first-order valence-electron chi connectivity index (χ1n) is 6.30. The third-order valence-corrected chi connectivity index (χ3v) is 4.40. The lowest BCUT2D eigenvalue weighted by atomic mass is 10.2. The lowest BCUT2D eigenvalue weighted by Crippen LogP contribution is -2.37. The maximum absolute atomic E-state index is 12.3. The van der Waals surface area contributed by atoms with Gasteiger partial charge in [-0.25, -0.2) is 0 Å². The van der Waals surface area contributed by atoms with Crippen molar-refractivity contribution in [2.45, 2.75) is 51.9 Å². The first-order chi connectivity index (χ1) is 8.19. The second-order valence-electron chi connectivity index (χ2n) is 4.55. The normalized spacial score (nSPS) is 26.5. The number of carbonyl (C=O) groups excluding carboxylic acids is 1. The van der Waals surface area contributed by atoms with E-state index in [-0.39, 0.29) is 18.1 Å². The molecule has 0 saturated carbocycles. The second kappa shape index (κ2) is 5.19. The molecule has 3 atom stereocenters. The molecule has 2 heterocycles. The number of hydrogen-bond acceptors (Lipinski definition) is 3. The van der Waals surface area contributed by atoms with Gasteiger partial charge in [0.1, 0.15) is 6.17 Å². The summed E-state index contributed by atoms with van der Waals surface area (Å²) < 4.78 is 0. The van der Waals surface area contributed by atoms with E-state index in [4.69, 9.17) is 0 Å². The highest BCUT2D eigenvalue weighted by atomic mass is 32.1. The predicted octanol–water partition coefficient (Wildman–Crippen LogP) is 2.76. The zero-order chi connectivity index (χ0) is 12.4. The minimum Gasteiger partial charge on any atom is -0.318 e. The van der Waals surface area contributed by atoms with Crippen molar-refractivity contribution in [3.63, 3.8) is 0 Å². The van der Waals surface area contributed by atoms with Crippen LogP contribution in [0.4, 0.5) is 0 Å². The van der Waals surface area contributed by atoms with Gasteiger partial charge in [0.25, 0.3) is 0 Å². The molecular formula is C13H20N2OS. The van der Waals surface area contributed by atoms with Crippen molar-refractivity contribution in [1.82, 2.24) is 10.2 Å². The second-order valence-corrected chi connectivity index (χ2v) is 5.53. The van der Waals surface area contributed by atoms with Gasteiger partial charge in [-0.05, 0) is 31.2 Å². The van der Waals surface area contributed by atoms with E-state index in [0.717, 1.165) is 12.8 Å². The smallest absolute Gasteiger partial charge is 0.241 e. The highest BCUT2D eigenvalue weighted by Gasteiger charge is 2.40. The van der Waals surface area contributed by atoms with Gasteiger partial charge in [-0.15, -0.1) is 11.3 Å². The van der Waals surface area contributed by atoms with Crippen LogP contribution in [0.1, 0.15) is 44.7 Å². The Bertz CT molecular complexity index is 377. The van der Waals surface area contributed by atoms with Crippen LogP contribution in [0.25, 0.3) is 0 Å². The van der Waals surface area contributed by atoms with Crippen LogP contribution < -0.4 is 5.32 Å². The van der Waals surface area contributed by atoms with Crippen molar-refractivity contribution in [3.05, 3.63) is 22.4 Å². The SMILES string of the molecule is CCC1NC(c2cccs2)N(C(C)CC)C1=O. The Morgan fingerprint density at radius 3 is 2.82 bits per heavy atom. The summed E-state index contributed by atoms with van der Waals surface area (Å²) in [6.07, 6.45) is 1.92. The summed E-state index contributed by atoms with van der Waals surface area (Å²) in [6.45, 7) is 6.31. The molecule has 3 unspecified atom stereocenters. The fourth-order valence-electron chi connectivity index (χ4n) is 2.28. The Labute approximate surface area is 107 Å². The summed E-state index contributed by atoms with van der Waals surface area (Å²) in [7, 11) is 0. The molecule has 17 heavy (non-hydrogen) atoms. The molecule has 1 aromatic rings. The number of nitrogens with zero attached hydrogens (tertiary/aromatic N) is 1. The Hall–Kier alpha value is -0.870. The molecule has 4 heteroatoms. The largest absolute Gasteiger partial charge is 0.318 e. The standard InChI is InChI=1S/C13H20N2OS/c1-4-9(3)15-12(11-7-6-8-17-11)14-10(5-2)13(15)16/h6-10,12,14H,4-5H2,1-3H3. The molecule has 1 aromatic heterocycles. The van der Waals surface area contributed by atoms with Gasteiger partial charge in [-0.1, -0.05) is 19.9 Å². The van der Waals surface area contributed by atoms with Crippen LogP contribution >= 0.6 is 11.3 Å². The van der Waals surface area contributed by atoms with Crippen LogP contribution in [0, 0.1) is 0 Å². The average Bonchev–Trinajstić information content (AvgIpc) is 2.95. The molecule has 1 aliphatic heterocycles. The van der Waals surface area contributed by atoms with Crippen LogP contribution in [-0.2, 0) is 4.79 Å². The molecule has 1 fully saturated rings. The lowest BCUT2D eigenvalue weighted by molar-refractivity contribution is -0.132. The quantitative estimate of drug-likeness (QED) is 0.893. The van der Waals surface area contributed by atoms with Gasteiger partial charge in [0.2, 0.25) is 5.91 Å². The minimum atomic E-state index is -0.0175. The Morgan fingerprint density at radius 1 is 1.53 bits per heavy atom. The van der Waals surface area contributed by atoms with Gasteiger partial charge in [0.15, 0.2) is 0 Å². The van der Waals surface area contributed by atoms with Crippen molar-refractivity contribution in [3.8, 4) is 0 Å². The van der Waals surface area contributed by atoms with Crippen molar-refractivity contribution in [2.75, 3.05) is 0 Å². The summed E-state index contributed by atoms with van der Waals surface area (Å²) in [4.78, 5) is 15.6. The van der Waals surface area contributed by atoms with Gasteiger partial charge in [-0.2, -0.15) is 0 Å². The molecule has 2 rings (SSSR count). The van der Waals surface area contributed by atoms with E-state index in [1.165, 1.54) is 4.88 Å². The monoisotopic (exact) mass is 252 g/mol. The fraction of sp³-hybridized carbons (Fsp3) is 0.615. The van der Waals surface area contributed by atoms with Gasteiger partial charge >= 0.3 is 0 Å². The van der Waals surface area contributed by atoms with Crippen molar-refractivity contribution in [2.24, 2.45) is 0 Å². The summed E-state index contributed by atoms with van der Waals surface area (Å²) in [6, 6.07) is 4.42. The predicted molar refractivity (Wildman–Crippen MR) is 70.9 cm³/mol. The number of rotatable bonds is 4. The fourth-order valence-corrected chi connectivity index (χ4v) is 3.06. The van der Waals surface area contributed by atoms with Gasteiger partial charge in [-0.3, -0.25) is 10.1 Å². The van der Waals surface area contributed by atoms with E-state index < -0.39 is 0 Å². The van der Waals surface area contributed by atoms with Crippen molar-refractivity contribution < 1.29 is 4.79 Å². The number of amides is 1. The Balaban J connectivity index is 2.27. The molecular weight excluding hydrogens is 232 g/mol. The summed E-state index contributed by atoms with van der Waals surface area (Å²) >= 11 is 1.71. The molecule has 0 bridgehead atoms. The van der Waals surface area contributed by atoms with E-state index in [9.17, 15) is 4.79 Å². The minimum absolute atomic E-state index is 0.0175. The Morgan fingerprint density at radius 2 is 2.29 bits per heavy atom. The van der Waals surface area contributed by atoms with Crippen LogP contribution in [0.2, 0.25) is 0 Å². The molecule has 1 aliphatic rings. The zero-order valence-electron chi connectivity index (χ0n) is 10.6. The van der Waals surface area contributed by atoms with Gasteiger partial charge in [0.05, 0.1) is 6.04 Å². The maximum Gasteiger partial charge on any atom is 0.241 e. The van der Waals surface area contributed by atoms with E-state index in [1.807, 2.05) is 11.0 Å². The average molecular weight is 252 g/mol. The molecule has 0 aromatic carbocycles. The zero-order valence-corrected chi connectivity index (χ0v) is 11.5. The molecule has 0 aliphatic carbocycles. The summed E-state index contributed by atoms with van der Waals surface area (Å²) in [5.41, 5.74) is 0. The highest BCUT2D eigenvalue weighted by Crippen LogP contribution is 2.31. The van der Waals surface area contributed by atoms with E-state index >= 15 is 0 Å². The van der Waals surface area contributed by atoms with E-state index in [2.05, 4.69) is 37.5 Å². The van der Waals surface area contributed by atoms with E-state index in [0.29, 0.717) is 6.04 Å². The third kappa shape index (κ3) is 2.24. The Kier molecular flexibility index (Phi) is 3.84. The molecule has 0 radical (unpaired) electrons.